The molecule has 0 aliphatic rings. The van der Waals surface area contributed by atoms with Gasteiger partial charge in [0.05, 0.1) is 0 Å². The topological polar surface area (TPSA) is 0 Å². The van der Waals surface area contributed by atoms with Crippen molar-refractivity contribution in [2.45, 2.75) is 0 Å². The third kappa shape index (κ3) is 4.70. The SMILES string of the molecule is [Br-].[CH2-]c1cccc(I)c1.[Zn+2]. The predicted octanol–water partition coefficient (Wildman–Crippen LogP) is -0.525. The molecule has 3 heteroatoms. The summed E-state index contributed by atoms with van der Waals surface area (Å²) in [7, 11) is 0. The summed E-state index contributed by atoms with van der Waals surface area (Å²) in [6, 6.07) is 8.09. The Kier molecular flexibility index (Phi) is 8.95. The first-order valence-corrected chi connectivity index (χ1v) is 3.44. The average molecular weight is 362 g/mol. The first-order chi connectivity index (χ1) is 3.79. The molecule has 0 N–H and O–H groups in total. The Balaban J connectivity index is 0. The van der Waals surface area contributed by atoms with Gasteiger partial charge in [-0.2, -0.15) is 24.6 Å². The van der Waals surface area contributed by atoms with Gasteiger partial charge in [0.25, 0.3) is 0 Å². The summed E-state index contributed by atoms with van der Waals surface area (Å²) in [6.07, 6.45) is 0. The van der Waals surface area contributed by atoms with Gasteiger partial charge in [0.1, 0.15) is 0 Å². The molecular weight excluding hydrogens is 356 g/mol. The van der Waals surface area contributed by atoms with Crippen LogP contribution < -0.4 is 17.0 Å². The number of benzene rings is 1. The van der Waals surface area contributed by atoms with E-state index in [1.165, 1.54) is 3.57 Å². The van der Waals surface area contributed by atoms with Crippen molar-refractivity contribution in [3.05, 3.63) is 40.3 Å². The molecule has 0 aliphatic heterocycles. The number of hydrogen-bond donors (Lipinski definition) is 0. The molecule has 0 bridgehead atoms. The molecule has 50 valence electrons. The Morgan fingerprint density at radius 2 is 1.90 bits per heavy atom. The monoisotopic (exact) mass is 360 g/mol. The quantitative estimate of drug-likeness (QED) is 0.331. The smallest absolute Gasteiger partial charge is 1.00 e. The Bertz CT molecular complexity index is 173. The Labute approximate surface area is 98.5 Å². The van der Waals surface area contributed by atoms with Crippen molar-refractivity contribution in [2.75, 3.05) is 0 Å². The molecule has 0 heterocycles. The second kappa shape index (κ2) is 6.62. The maximum atomic E-state index is 3.78. The molecule has 0 aromatic heterocycles. The van der Waals surface area contributed by atoms with Gasteiger partial charge < -0.3 is 17.0 Å². The molecule has 0 atom stereocenters. The van der Waals surface area contributed by atoms with Crippen LogP contribution in [0.4, 0.5) is 0 Å². The summed E-state index contributed by atoms with van der Waals surface area (Å²) in [5.41, 5.74) is 1.08. The van der Waals surface area contributed by atoms with Crippen molar-refractivity contribution >= 4 is 22.6 Å². The van der Waals surface area contributed by atoms with Crippen LogP contribution in [0.5, 0.6) is 0 Å². The van der Waals surface area contributed by atoms with Crippen LogP contribution in [0.3, 0.4) is 0 Å². The van der Waals surface area contributed by atoms with Crippen LogP contribution in [0, 0.1) is 10.5 Å². The molecule has 1 rings (SSSR count). The maximum Gasteiger partial charge on any atom is 2.00 e. The van der Waals surface area contributed by atoms with Crippen LogP contribution in [0.2, 0.25) is 0 Å². The fourth-order valence-corrected chi connectivity index (χ4v) is 1.14. The number of rotatable bonds is 0. The van der Waals surface area contributed by atoms with E-state index in [0.717, 1.165) is 5.56 Å². The van der Waals surface area contributed by atoms with Crippen molar-refractivity contribution in [2.24, 2.45) is 0 Å². The van der Waals surface area contributed by atoms with Crippen LogP contribution in [-0.4, -0.2) is 0 Å². The molecular formula is C7H6BrIZn. The van der Waals surface area contributed by atoms with Gasteiger partial charge in [-0.1, -0.05) is 28.7 Å². The van der Waals surface area contributed by atoms with Gasteiger partial charge in [-0.15, -0.1) is 6.07 Å². The first-order valence-electron chi connectivity index (χ1n) is 2.36. The van der Waals surface area contributed by atoms with Crippen LogP contribution in [0.25, 0.3) is 0 Å². The third-order valence-corrected chi connectivity index (χ3v) is 1.56. The molecule has 0 saturated heterocycles. The zero-order valence-electron chi connectivity index (χ0n) is 5.48. The molecule has 0 unspecified atom stereocenters. The van der Waals surface area contributed by atoms with E-state index in [2.05, 4.69) is 35.6 Å². The summed E-state index contributed by atoms with van der Waals surface area (Å²) in [6.45, 7) is 3.78. The second-order valence-corrected chi connectivity index (χ2v) is 2.88. The molecule has 0 fully saturated rings. The van der Waals surface area contributed by atoms with Crippen molar-refractivity contribution in [1.82, 2.24) is 0 Å². The summed E-state index contributed by atoms with van der Waals surface area (Å²) >= 11 is 2.27. The van der Waals surface area contributed by atoms with Gasteiger partial charge in [-0.3, -0.25) is 0 Å². The molecule has 0 nitrogen and oxygen atoms in total. The standard InChI is InChI=1S/C7H6I.BrH.Zn/c1-6-3-2-4-7(8)5-6;;/h2-5H,1H2;1H;/q-1;;+2/p-1. The van der Waals surface area contributed by atoms with Gasteiger partial charge in [-0.05, 0) is 3.57 Å². The van der Waals surface area contributed by atoms with E-state index < -0.39 is 0 Å². The molecule has 0 aliphatic carbocycles. The maximum absolute atomic E-state index is 3.78. The predicted molar refractivity (Wildman–Crippen MR) is 43.6 cm³/mol. The summed E-state index contributed by atoms with van der Waals surface area (Å²) in [4.78, 5) is 0. The largest absolute Gasteiger partial charge is 2.00 e. The zero-order chi connectivity index (χ0) is 5.98. The third-order valence-electron chi connectivity index (χ3n) is 0.889. The molecule has 10 heavy (non-hydrogen) atoms. The molecule has 0 radical (unpaired) electrons. The average Bonchev–Trinajstić information content (AvgIpc) is 1.64. The summed E-state index contributed by atoms with van der Waals surface area (Å²) in [5, 5.41) is 0. The first kappa shape index (κ1) is 13.5. The summed E-state index contributed by atoms with van der Waals surface area (Å²) < 4.78 is 1.25. The van der Waals surface area contributed by atoms with Crippen molar-refractivity contribution in [3.63, 3.8) is 0 Å². The Morgan fingerprint density at radius 3 is 2.20 bits per heavy atom. The normalized spacial score (nSPS) is 7.30. The Morgan fingerprint density at radius 1 is 1.30 bits per heavy atom. The van der Waals surface area contributed by atoms with E-state index in [1.54, 1.807) is 0 Å². The van der Waals surface area contributed by atoms with Crippen molar-refractivity contribution < 1.29 is 36.5 Å². The van der Waals surface area contributed by atoms with Gasteiger partial charge >= 0.3 is 19.5 Å². The van der Waals surface area contributed by atoms with Crippen LogP contribution in [-0.2, 0) is 19.5 Å². The van der Waals surface area contributed by atoms with E-state index in [4.69, 9.17) is 0 Å². The van der Waals surface area contributed by atoms with Gasteiger partial charge in [0.15, 0.2) is 0 Å². The minimum absolute atomic E-state index is 0. The van der Waals surface area contributed by atoms with Gasteiger partial charge in [0.2, 0.25) is 0 Å². The van der Waals surface area contributed by atoms with E-state index in [9.17, 15) is 0 Å². The fourth-order valence-electron chi connectivity index (χ4n) is 0.537. The minimum atomic E-state index is 0. The van der Waals surface area contributed by atoms with E-state index in [0.29, 0.717) is 0 Å². The zero-order valence-corrected chi connectivity index (χ0v) is 12.2. The van der Waals surface area contributed by atoms with Gasteiger partial charge in [-0.25, -0.2) is 0 Å². The summed E-state index contributed by atoms with van der Waals surface area (Å²) in [5.74, 6) is 0. The molecule has 1 aromatic carbocycles. The number of hydrogen-bond acceptors (Lipinski definition) is 0. The molecule has 1 aromatic rings. The fraction of sp³-hybridized carbons (Fsp3) is 0. The van der Waals surface area contributed by atoms with Crippen molar-refractivity contribution in [3.8, 4) is 0 Å². The Hall–Kier alpha value is 0.923. The van der Waals surface area contributed by atoms with E-state index >= 15 is 0 Å². The molecule has 0 spiro atoms. The second-order valence-electron chi connectivity index (χ2n) is 1.63. The van der Waals surface area contributed by atoms with Crippen LogP contribution in [0.1, 0.15) is 5.56 Å². The number of halogens is 2. The molecule has 0 saturated carbocycles. The van der Waals surface area contributed by atoms with Crippen LogP contribution >= 0.6 is 22.6 Å². The van der Waals surface area contributed by atoms with E-state index in [-0.39, 0.29) is 36.5 Å². The van der Waals surface area contributed by atoms with Gasteiger partial charge in [0, 0.05) is 0 Å². The van der Waals surface area contributed by atoms with Crippen molar-refractivity contribution in [1.29, 1.82) is 0 Å². The molecule has 0 amide bonds. The van der Waals surface area contributed by atoms with E-state index in [1.807, 2.05) is 18.2 Å². The van der Waals surface area contributed by atoms with Crippen LogP contribution in [0.15, 0.2) is 24.3 Å². The minimum Gasteiger partial charge on any atom is -1.00 e.